The molecular formula is C17H19N3O4. The lowest BCUT2D eigenvalue weighted by Gasteiger charge is -2.28. The first-order valence-corrected chi connectivity index (χ1v) is 7.69. The van der Waals surface area contributed by atoms with Crippen molar-refractivity contribution in [2.75, 3.05) is 25.6 Å². The Balaban J connectivity index is 1.73. The van der Waals surface area contributed by atoms with Gasteiger partial charge in [0.1, 0.15) is 5.75 Å². The van der Waals surface area contributed by atoms with Gasteiger partial charge in [-0.3, -0.25) is 10.1 Å². The Bertz CT molecular complexity index is 705. The van der Waals surface area contributed by atoms with Crippen LogP contribution in [0.25, 0.3) is 11.3 Å². The van der Waals surface area contributed by atoms with Gasteiger partial charge in [-0.1, -0.05) is 0 Å². The molecule has 2 aromatic rings. The second kappa shape index (κ2) is 7.37. The van der Waals surface area contributed by atoms with Gasteiger partial charge >= 0.3 is 0 Å². The van der Waals surface area contributed by atoms with E-state index in [4.69, 9.17) is 14.2 Å². The van der Waals surface area contributed by atoms with Gasteiger partial charge < -0.3 is 14.2 Å². The molecule has 0 bridgehead atoms. The topological polar surface area (TPSA) is 82.6 Å². The van der Waals surface area contributed by atoms with Crippen molar-refractivity contribution >= 4 is 11.9 Å². The first kappa shape index (κ1) is 16.4. The van der Waals surface area contributed by atoms with Crippen molar-refractivity contribution in [3.63, 3.8) is 0 Å². The van der Waals surface area contributed by atoms with E-state index in [1.54, 1.807) is 26.3 Å². The van der Waals surface area contributed by atoms with E-state index in [0.29, 0.717) is 18.9 Å². The van der Waals surface area contributed by atoms with Gasteiger partial charge in [0.05, 0.1) is 32.1 Å². The van der Waals surface area contributed by atoms with Crippen LogP contribution in [0.5, 0.6) is 5.75 Å². The van der Waals surface area contributed by atoms with E-state index in [2.05, 4.69) is 15.3 Å². The Morgan fingerprint density at radius 2 is 1.96 bits per heavy atom. The maximum absolute atomic E-state index is 12.3. The number of hydrogen-bond acceptors (Lipinski definition) is 6. The Kier molecular flexibility index (Phi) is 5.02. The molecule has 2 atom stereocenters. The number of anilines is 1. The molecule has 7 nitrogen and oxygen atoms in total. The molecule has 1 saturated heterocycles. The fraction of sp³-hybridized carbons (Fsp3) is 0.353. The number of carbonyl (C=O) groups is 1. The van der Waals surface area contributed by atoms with Crippen LogP contribution in [0.3, 0.4) is 0 Å². The van der Waals surface area contributed by atoms with Gasteiger partial charge in [-0.15, -0.1) is 0 Å². The fourth-order valence-electron chi connectivity index (χ4n) is 2.44. The summed E-state index contributed by atoms with van der Waals surface area (Å²) in [5.41, 5.74) is 1.61. The van der Waals surface area contributed by atoms with Crippen molar-refractivity contribution in [1.82, 2.24) is 9.97 Å². The minimum Gasteiger partial charge on any atom is -0.497 e. The lowest BCUT2D eigenvalue weighted by Crippen LogP contribution is -2.45. The first-order valence-electron chi connectivity index (χ1n) is 7.69. The fourth-order valence-corrected chi connectivity index (χ4v) is 2.44. The van der Waals surface area contributed by atoms with Crippen LogP contribution in [-0.4, -0.2) is 48.4 Å². The number of carbonyl (C=O) groups excluding carboxylic acids is 1. The van der Waals surface area contributed by atoms with Crippen LogP contribution in [-0.2, 0) is 14.3 Å². The highest BCUT2D eigenvalue weighted by molar-refractivity contribution is 5.93. The van der Waals surface area contributed by atoms with Gasteiger partial charge in [-0.05, 0) is 37.3 Å². The van der Waals surface area contributed by atoms with Gasteiger partial charge in [0, 0.05) is 11.8 Å². The Morgan fingerprint density at radius 3 is 2.67 bits per heavy atom. The predicted octanol–water partition coefficient (Wildman–Crippen LogP) is 1.89. The molecule has 24 heavy (non-hydrogen) atoms. The molecule has 1 aliphatic heterocycles. The summed E-state index contributed by atoms with van der Waals surface area (Å²) in [4.78, 5) is 20.8. The minimum absolute atomic E-state index is 0.231. The van der Waals surface area contributed by atoms with Crippen LogP contribution in [0.1, 0.15) is 6.92 Å². The number of amides is 1. The quantitative estimate of drug-likeness (QED) is 0.922. The third-order valence-corrected chi connectivity index (χ3v) is 3.72. The second-order valence-corrected chi connectivity index (χ2v) is 5.35. The van der Waals surface area contributed by atoms with Crippen LogP contribution < -0.4 is 10.1 Å². The van der Waals surface area contributed by atoms with Crippen molar-refractivity contribution in [3.05, 3.63) is 36.5 Å². The van der Waals surface area contributed by atoms with E-state index in [0.717, 1.165) is 11.3 Å². The van der Waals surface area contributed by atoms with Crippen molar-refractivity contribution < 1.29 is 19.0 Å². The van der Waals surface area contributed by atoms with Crippen molar-refractivity contribution in [1.29, 1.82) is 0 Å². The average Bonchev–Trinajstić information content (AvgIpc) is 2.62. The molecule has 1 fully saturated rings. The number of ether oxygens (including phenoxy) is 3. The number of methoxy groups -OCH3 is 1. The average molecular weight is 329 g/mol. The summed E-state index contributed by atoms with van der Waals surface area (Å²) in [6.07, 6.45) is 0.639. The molecule has 0 unspecified atom stereocenters. The molecule has 0 radical (unpaired) electrons. The van der Waals surface area contributed by atoms with Crippen LogP contribution >= 0.6 is 0 Å². The largest absolute Gasteiger partial charge is 0.497 e. The van der Waals surface area contributed by atoms with Crippen molar-refractivity contribution in [2.24, 2.45) is 0 Å². The van der Waals surface area contributed by atoms with Crippen LogP contribution in [0.4, 0.5) is 5.95 Å². The standard InChI is InChI=1S/C17H19N3O4/c1-11-15(24-10-9-23-11)16(21)20-17-18-8-7-14(19-17)12-3-5-13(22-2)6-4-12/h3-8,11,15H,9-10H2,1-2H3,(H,18,19,20,21)/t11-,15-/m1/s1. The van der Waals surface area contributed by atoms with E-state index in [1.807, 2.05) is 24.3 Å². The van der Waals surface area contributed by atoms with Gasteiger partial charge in [0.25, 0.3) is 5.91 Å². The third kappa shape index (κ3) is 3.69. The number of hydrogen-bond donors (Lipinski definition) is 1. The van der Waals surface area contributed by atoms with Gasteiger partial charge in [-0.25, -0.2) is 9.97 Å². The molecule has 0 saturated carbocycles. The number of nitrogens with one attached hydrogen (secondary N) is 1. The molecule has 1 amide bonds. The highest BCUT2D eigenvalue weighted by Gasteiger charge is 2.30. The first-order chi connectivity index (χ1) is 11.7. The maximum atomic E-state index is 12.3. The molecule has 0 spiro atoms. The molecule has 1 aromatic carbocycles. The Labute approximate surface area is 140 Å². The molecule has 1 aromatic heterocycles. The number of rotatable bonds is 4. The van der Waals surface area contributed by atoms with E-state index in [9.17, 15) is 4.79 Å². The Hall–Kier alpha value is -2.51. The van der Waals surface area contributed by atoms with E-state index in [1.165, 1.54) is 0 Å². The molecule has 7 heteroatoms. The third-order valence-electron chi connectivity index (χ3n) is 3.72. The Morgan fingerprint density at radius 1 is 1.21 bits per heavy atom. The monoisotopic (exact) mass is 329 g/mol. The summed E-state index contributed by atoms with van der Waals surface area (Å²) in [6, 6.07) is 9.27. The number of benzene rings is 1. The van der Waals surface area contributed by atoms with Crippen molar-refractivity contribution in [2.45, 2.75) is 19.1 Å². The molecular weight excluding hydrogens is 310 g/mol. The van der Waals surface area contributed by atoms with E-state index in [-0.39, 0.29) is 18.0 Å². The highest BCUT2D eigenvalue weighted by atomic mass is 16.6. The summed E-state index contributed by atoms with van der Waals surface area (Å²) in [7, 11) is 1.62. The molecule has 2 heterocycles. The summed E-state index contributed by atoms with van der Waals surface area (Å²) >= 11 is 0. The lowest BCUT2D eigenvalue weighted by molar-refractivity contribution is -0.157. The molecule has 0 aliphatic carbocycles. The zero-order valence-electron chi connectivity index (χ0n) is 13.6. The van der Waals surface area contributed by atoms with Gasteiger partial charge in [0.2, 0.25) is 5.95 Å². The summed E-state index contributed by atoms with van der Waals surface area (Å²) in [6.45, 7) is 2.70. The summed E-state index contributed by atoms with van der Waals surface area (Å²) < 4.78 is 16.0. The number of aromatic nitrogens is 2. The van der Waals surface area contributed by atoms with Crippen molar-refractivity contribution in [3.8, 4) is 17.0 Å². The zero-order valence-corrected chi connectivity index (χ0v) is 13.6. The molecule has 1 N–H and O–H groups in total. The SMILES string of the molecule is COc1ccc(-c2ccnc(NC(=O)[C@@H]3OCCO[C@@H]3C)n2)cc1. The van der Waals surface area contributed by atoms with Gasteiger partial charge in [-0.2, -0.15) is 0 Å². The zero-order chi connectivity index (χ0) is 16.9. The smallest absolute Gasteiger partial charge is 0.258 e. The van der Waals surface area contributed by atoms with Crippen LogP contribution in [0.2, 0.25) is 0 Å². The van der Waals surface area contributed by atoms with E-state index < -0.39 is 6.10 Å². The maximum Gasteiger partial charge on any atom is 0.258 e. The molecule has 126 valence electrons. The second-order valence-electron chi connectivity index (χ2n) is 5.35. The summed E-state index contributed by atoms with van der Waals surface area (Å²) in [5.74, 6) is 0.688. The normalized spacial score (nSPS) is 20.4. The van der Waals surface area contributed by atoms with Crippen LogP contribution in [0.15, 0.2) is 36.5 Å². The van der Waals surface area contributed by atoms with Gasteiger partial charge in [0.15, 0.2) is 6.10 Å². The summed E-state index contributed by atoms with van der Waals surface area (Å²) in [5, 5.41) is 2.68. The number of nitrogens with zero attached hydrogens (tertiary/aromatic N) is 2. The molecule has 3 rings (SSSR count). The molecule has 1 aliphatic rings. The predicted molar refractivity (Wildman–Crippen MR) is 87.8 cm³/mol. The van der Waals surface area contributed by atoms with Crippen LogP contribution in [0, 0.1) is 0 Å². The van der Waals surface area contributed by atoms with E-state index >= 15 is 0 Å². The minimum atomic E-state index is -0.660. The lowest BCUT2D eigenvalue weighted by atomic mass is 10.1. The highest BCUT2D eigenvalue weighted by Crippen LogP contribution is 2.21.